The molecule has 1 aromatic rings. The Balaban J connectivity index is 1.55. The summed E-state index contributed by atoms with van der Waals surface area (Å²) in [7, 11) is -4.58. The van der Waals surface area contributed by atoms with Gasteiger partial charge in [0.2, 0.25) is 5.36 Å². The average Bonchev–Trinajstić information content (AvgIpc) is 3.61. The second-order valence-corrected chi connectivity index (χ2v) is 17.6. The average molecular weight is 846 g/mol. The first-order valence-corrected chi connectivity index (χ1v) is 21.5. The fourth-order valence-corrected chi connectivity index (χ4v) is 8.26. The Morgan fingerprint density at radius 3 is 2.24 bits per heavy atom. The number of allylic oxidation sites excluding steroid dienone is 3. The predicted octanol–water partition coefficient (Wildman–Crippen LogP) is 7.61. The van der Waals surface area contributed by atoms with Crippen molar-refractivity contribution in [1.29, 1.82) is 0 Å². The van der Waals surface area contributed by atoms with Crippen molar-refractivity contribution >= 4 is 39.7 Å². The van der Waals surface area contributed by atoms with Crippen LogP contribution in [0.3, 0.4) is 0 Å². The van der Waals surface area contributed by atoms with E-state index in [0.717, 1.165) is 29.6 Å². The summed E-state index contributed by atoms with van der Waals surface area (Å²) in [5.74, 6) is -8.57. The molecule has 0 N–H and O–H groups in total. The molecule has 11 nitrogen and oxygen atoms in total. The van der Waals surface area contributed by atoms with Crippen molar-refractivity contribution in [1.82, 2.24) is 9.64 Å². The number of hydroxylamine groups is 2. The van der Waals surface area contributed by atoms with Gasteiger partial charge in [-0.15, -0.1) is 5.06 Å². The van der Waals surface area contributed by atoms with E-state index in [1.165, 1.54) is 4.90 Å². The van der Waals surface area contributed by atoms with Crippen LogP contribution in [-0.2, 0) is 40.2 Å². The molecule has 1 atom stereocenters. The molecule has 320 valence electrons. The number of halogens is 4. The maximum atomic E-state index is 16.0. The number of nitrogens with zero attached hydrogens (tertiary/aromatic N) is 3. The molecule has 1 aliphatic carbocycles. The highest BCUT2D eigenvalue weighted by Gasteiger charge is 2.49. The number of hydrogen-bond donors (Lipinski definition) is 0. The maximum absolute atomic E-state index is 16.0. The van der Waals surface area contributed by atoms with Gasteiger partial charge < -0.3 is 18.7 Å². The number of amides is 2. The molecule has 0 radical (unpaired) electrons. The van der Waals surface area contributed by atoms with Crippen LogP contribution in [0.25, 0.3) is 17.4 Å². The predicted molar refractivity (Wildman–Crippen MR) is 213 cm³/mol. The lowest BCUT2D eigenvalue weighted by molar-refractivity contribution is -0.197. The minimum atomic E-state index is -4.58. The molecule has 1 aromatic carbocycles. The van der Waals surface area contributed by atoms with Gasteiger partial charge in [0.1, 0.15) is 24.6 Å². The summed E-state index contributed by atoms with van der Waals surface area (Å²) in [5.41, 5.74) is -0.979. The number of benzene rings is 2. The Hall–Kier alpha value is -4.83. The van der Waals surface area contributed by atoms with Crippen molar-refractivity contribution < 1.29 is 54.2 Å². The highest BCUT2D eigenvalue weighted by atomic mass is 32.2. The number of rotatable bonds is 16. The summed E-state index contributed by atoms with van der Waals surface area (Å²) in [5, 5.41) is 1.43. The Bertz CT molecular complexity index is 2310. The zero-order chi connectivity index (χ0) is 43.4. The summed E-state index contributed by atoms with van der Waals surface area (Å²) in [4.78, 5) is 42.3. The molecule has 4 aliphatic rings. The van der Waals surface area contributed by atoms with Gasteiger partial charge in [0.05, 0.1) is 21.9 Å². The third-order valence-corrected chi connectivity index (χ3v) is 11.7. The molecule has 16 heteroatoms. The van der Waals surface area contributed by atoms with E-state index >= 15 is 13.2 Å². The highest BCUT2D eigenvalue weighted by molar-refractivity contribution is 7.85. The van der Waals surface area contributed by atoms with Crippen LogP contribution in [0.15, 0.2) is 46.5 Å². The molecule has 0 spiro atoms. The van der Waals surface area contributed by atoms with Crippen LogP contribution >= 0.6 is 0 Å². The quantitative estimate of drug-likeness (QED) is 0.0271. The highest BCUT2D eigenvalue weighted by Crippen LogP contribution is 2.54. The molecule has 3 heterocycles. The third kappa shape index (κ3) is 9.97. The SMILES string of the molecule is CC[N+](CC)=c1ccc2c(C=CC=C3N(CCCCS(=O)(=O)[O-])c4c(F)c(F)c(F)c(F)c4C3(C)CCCCCC(=O)ON3C(=O)CCC3=O)cc(C(C)(C)C)oc-2c1. The van der Waals surface area contributed by atoms with Crippen LogP contribution in [0.1, 0.15) is 116 Å². The van der Waals surface area contributed by atoms with E-state index in [0.29, 0.717) is 23.0 Å². The molecule has 0 saturated carbocycles. The summed E-state index contributed by atoms with van der Waals surface area (Å²) >= 11 is 0. The molecule has 1 fully saturated rings. The van der Waals surface area contributed by atoms with E-state index in [9.17, 15) is 31.7 Å². The third-order valence-electron chi connectivity index (χ3n) is 10.9. The summed E-state index contributed by atoms with van der Waals surface area (Å²) < 4.78 is 105. The fourth-order valence-electron chi connectivity index (χ4n) is 7.70. The Labute approximate surface area is 342 Å². The lowest BCUT2D eigenvalue weighted by atomic mass is 9.76. The Morgan fingerprint density at radius 1 is 0.949 bits per heavy atom. The van der Waals surface area contributed by atoms with Crippen molar-refractivity contribution in [2.75, 3.05) is 30.3 Å². The number of fused-ring (bicyclic) bond motifs is 2. The normalized spacial score (nSPS) is 17.9. The molecule has 59 heavy (non-hydrogen) atoms. The van der Waals surface area contributed by atoms with Crippen LogP contribution in [0, 0.1) is 23.3 Å². The van der Waals surface area contributed by atoms with Crippen molar-refractivity contribution in [2.45, 2.75) is 110 Å². The van der Waals surface area contributed by atoms with E-state index in [-0.39, 0.29) is 69.0 Å². The maximum Gasteiger partial charge on any atom is 0.333 e. The molecular formula is C43H51F4N3O8S. The van der Waals surface area contributed by atoms with E-state index in [4.69, 9.17) is 9.25 Å². The smallest absolute Gasteiger partial charge is 0.333 e. The van der Waals surface area contributed by atoms with Crippen LogP contribution in [0.4, 0.5) is 23.2 Å². The molecule has 3 aliphatic heterocycles. The van der Waals surface area contributed by atoms with Gasteiger partial charge in [-0.2, -0.15) is 0 Å². The number of hydrogen-bond acceptors (Lipinski definition) is 9. The summed E-state index contributed by atoms with van der Waals surface area (Å²) in [6.45, 7) is 13.2. The van der Waals surface area contributed by atoms with E-state index in [1.54, 1.807) is 25.2 Å². The molecule has 1 saturated heterocycles. The molecule has 2 amide bonds. The van der Waals surface area contributed by atoms with Gasteiger partial charge in [-0.3, -0.25) is 9.59 Å². The number of imide groups is 1. The molecule has 5 rings (SSSR count). The van der Waals surface area contributed by atoms with Crippen molar-refractivity contribution in [3.63, 3.8) is 0 Å². The lowest BCUT2D eigenvalue weighted by Crippen LogP contribution is -2.32. The monoisotopic (exact) mass is 845 g/mol. The van der Waals surface area contributed by atoms with Gasteiger partial charge >= 0.3 is 5.97 Å². The zero-order valence-electron chi connectivity index (χ0n) is 34.3. The minimum Gasteiger partial charge on any atom is -0.748 e. The van der Waals surface area contributed by atoms with Gasteiger partial charge in [0.15, 0.2) is 23.3 Å². The van der Waals surface area contributed by atoms with Crippen molar-refractivity contribution in [3.05, 3.63) is 87.6 Å². The first-order valence-electron chi connectivity index (χ1n) is 19.9. The molecular weight excluding hydrogens is 795 g/mol. The Kier molecular flexibility index (Phi) is 14.0. The van der Waals surface area contributed by atoms with E-state index < -0.39 is 73.6 Å². The zero-order valence-corrected chi connectivity index (χ0v) is 35.1. The van der Waals surface area contributed by atoms with Crippen LogP contribution in [0.2, 0.25) is 0 Å². The molecule has 0 bridgehead atoms. The van der Waals surface area contributed by atoms with Crippen LogP contribution in [0.5, 0.6) is 0 Å². The van der Waals surface area contributed by atoms with Gasteiger partial charge in [0, 0.05) is 65.3 Å². The topological polar surface area (TPSA) is 140 Å². The number of carbonyl (C=O) groups excluding carboxylic acids is 3. The Morgan fingerprint density at radius 2 is 1.61 bits per heavy atom. The minimum absolute atomic E-state index is 0.0108. The fraction of sp³-hybridized carbons (Fsp3) is 0.488. The van der Waals surface area contributed by atoms with Gasteiger partial charge in [0.25, 0.3) is 11.8 Å². The second-order valence-electron chi connectivity index (χ2n) is 16.1. The lowest BCUT2D eigenvalue weighted by Gasteiger charge is -2.30. The van der Waals surface area contributed by atoms with Gasteiger partial charge in [-0.1, -0.05) is 45.8 Å². The van der Waals surface area contributed by atoms with Crippen molar-refractivity contribution in [3.8, 4) is 11.3 Å². The first-order chi connectivity index (χ1) is 27.7. The number of carbonyl (C=O) groups is 3. The van der Waals surface area contributed by atoms with E-state index in [1.807, 2.05) is 45.0 Å². The second kappa shape index (κ2) is 18.2. The number of unbranched alkanes of at least 4 members (excludes halogenated alkanes) is 3. The van der Waals surface area contributed by atoms with E-state index in [2.05, 4.69) is 18.4 Å². The van der Waals surface area contributed by atoms with Gasteiger partial charge in [-0.25, -0.2) is 35.3 Å². The van der Waals surface area contributed by atoms with Crippen LogP contribution < -0.4 is 14.8 Å². The summed E-state index contributed by atoms with van der Waals surface area (Å²) in [6.07, 6.45) is 5.63. The summed E-state index contributed by atoms with van der Waals surface area (Å²) in [6, 6.07) is 7.82. The number of anilines is 1. The van der Waals surface area contributed by atoms with Gasteiger partial charge in [-0.05, 0) is 70.2 Å². The van der Waals surface area contributed by atoms with Crippen molar-refractivity contribution in [2.24, 2.45) is 0 Å². The molecule has 1 unspecified atom stereocenters. The standard InChI is InChI=1S/C43H51F4N3O8S/c1-7-48(8-2)28-18-19-29-27(25-32(42(3,4)5)57-30(29)26-28)15-14-16-31-43(6,22-11-9-10-17-35(53)58-50-33(51)20-21-34(50)52)36-37(44)38(45)39(46)40(47)41(36)49(31)23-12-13-24-59(54,55)56/h14-16,18-19,25-26H,7-13,17,20-24H2,1-6H3. The first kappa shape index (κ1) is 45.3. The molecule has 0 aromatic heterocycles. The van der Waals surface area contributed by atoms with Crippen LogP contribution in [-0.4, -0.2) is 61.2 Å². The largest absolute Gasteiger partial charge is 0.748 e.